The van der Waals surface area contributed by atoms with Gasteiger partial charge in [0, 0.05) is 6.04 Å². The third-order valence-electron chi connectivity index (χ3n) is 4.85. The lowest BCUT2D eigenvalue weighted by molar-refractivity contribution is 0.0183. The zero-order chi connectivity index (χ0) is 14.8. The molecule has 1 aromatic rings. The standard InChI is InChI=1S/C16H25N3O/c1-4-13-5-7-16(10-17,8-6-13)15(20)14-9-18-11-19(14)12(2)3/h9,11-13,15,20H,4-8H2,1-3H3. The van der Waals surface area contributed by atoms with Crippen LogP contribution in [-0.4, -0.2) is 14.7 Å². The number of hydrogen-bond acceptors (Lipinski definition) is 3. The second-order valence-electron chi connectivity index (χ2n) is 6.34. The monoisotopic (exact) mass is 275 g/mol. The Morgan fingerprint density at radius 2 is 2.15 bits per heavy atom. The number of nitrogens with zero attached hydrogens (tertiary/aromatic N) is 3. The van der Waals surface area contributed by atoms with E-state index >= 15 is 0 Å². The van der Waals surface area contributed by atoms with Crippen LogP contribution in [0.5, 0.6) is 0 Å². The van der Waals surface area contributed by atoms with Gasteiger partial charge < -0.3 is 9.67 Å². The van der Waals surface area contributed by atoms with Crippen molar-refractivity contribution in [3.05, 3.63) is 18.2 Å². The highest BCUT2D eigenvalue weighted by Crippen LogP contribution is 2.47. The minimum absolute atomic E-state index is 0.241. The molecule has 0 amide bonds. The minimum Gasteiger partial charge on any atom is -0.385 e. The molecular weight excluding hydrogens is 250 g/mol. The van der Waals surface area contributed by atoms with E-state index in [1.165, 1.54) is 6.42 Å². The summed E-state index contributed by atoms with van der Waals surface area (Å²) in [6, 6.07) is 2.67. The van der Waals surface area contributed by atoms with Crippen LogP contribution in [0, 0.1) is 22.7 Å². The van der Waals surface area contributed by atoms with Crippen molar-refractivity contribution in [2.75, 3.05) is 0 Å². The fraction of sp³-hybridized carbons (Fsp3) is 0.750. The highest BCUT2D eigenvalue weighted by Gasteiger charge is 2.43. The summed E-state index contributed by atoms with van der Waals surface area (Å²) in [5.41, 5.74) is 0.134. The van der Waals surface area contributed by atoms with Crippen molar-refractivity contribution in [1.82, 2.24) is 9.55 Å². The molecular formula is C16H25N3O. The summed E-state index contributed by atoms with van der Waals surface area (Å²) in [6.07, 6.45) is 7.52. The van der Waals surface area contributed by atoms with Crippen LogP contribution < -0.4 is 0 Å². The summed E-state index contributed by atoms with van der Waals surface area (Å²) in [4.78, 5) is 4.15. The molecule has 0 aromatic carbocycles. The summed E-state index contributed by atoms with van der Waals surface area (Å²) in [6.45, 7) is 6.32. The van der Waals surface area contributed by atoms with Crippen molar-refractivity contribution < 1.29 is 5.11 Å². The predicted octanol–water partition coefficient (Wildman–Crippen LogP) is 3.61. The SMILES string of the molecule is CCC1CCC(C#N)(C(O)c2cncn2C(C)C)CC1. The maximum Gasteiger partial charge on any atom is 0.114 e. The molecule has 0 bridgehead atoms. The normalized spacial score (nSPS) is 28.3. The van der Waals surface area contributed by atoms with Crippen LogP contribution in [0.4, 0.5) is 0 Å². The fourth-order valence-electron chi connectivity index (χ4n) is 3.29. The first kappa shape index (κ1) is 15.1. The number of nitriles is 1. The van der Waals surface area contributed by atoms with Gasteiger partial charge in [-0.15, -0.1) is 0 Å². The van der Waals surface area contributed by atoms with Gasteiger partial charge in [-0.1, -0.05) is 13.3 Å². The van der Waals surface area contributed by atoms with Crippen LogP contribution in [0.2, 0.25) is 0 Å². The number of aliphatic hydroxyl groups excluding tert-OH is 1. The molecule has 0 spiro atoms. The molecule has 4 nitrogen and oxygen atoms in total. The summed E-state index contributed by atoms with van der Waals surface area (Å²) in [5, 5.41) is 20.4. The lowest BCUT2D eigenvalue weighted by Gasteiger charge is -2.38. The molecule has 1 saturated carbocycles. The molecule has 0 aliphatic heterocycles. The van der Waals surface area contributed by atoms with Crippen LogP contribution in [0.15, 0.2) is 12.5 Å². The molecule has 1 atom stereocenters. The van der Waals surface area contributed by atoms with Gasteiger partial charge >= 0.3 is 0 Å². The third kappa shape index (κ3) is 2.60. The van der Waals surface area contributed by atoms with Crippen LogP contribution >= 0.6 is 0 Å². The number of aliphatic hydroxyl groups is 1. The summed E-state index contributed by atoms with van der Waals surface area (Å²) >= 11 is 0. The van der Waals surface area contributed by atoms with E-state index in [1.807, 2.05) is 4.57 Å². The largest absolute Gasteiger partial charge is 0.385 e. The zero-order valence-corrected chi connectivity index (χ0v) is 12.7. The average Bonchev–Trinajstić information content (AvgIpc) is 2.96. The van der Waals surface area contributed by atoms with Gasteiger partial charge in [0.25, 0.3) is 0 Å². The molecule has 1 heterocycles. The number of imidazole rings is 1. The predicted molar refractivity (Wildman–Crippen MR) is 77.9 cm³/mol. The van der Waals surface area contributed by atoms with Gasteiger partial charge in [-0.05, 0) is 45.4 Å². The molecule has 1 aromatic heterocycles. The zero-order valence-electron chi connectivity index (χ0n) is 12.7. The molecule has 20 heavy (non-hydrogen) atoms. The van der Waals surface area contributed by atoms with Gasteiger partial charge in [-0.2, -0.15) is 5.26 Å². The van der Waals surface area contributed by atoms with Gasteiger partial charge in [-0.3, -0.25) is 0 Å². The molecule has 0 saturated heterocycles. The Morgan fingerprint density at radius 1 is 1.50 bits per heavy atom. The molecule has 1 aliphatic carbocycles. The van der Waals surface area contributed by atoms with Gasteiger partial charge in [0.2, 0.25) is 0 Å². The van der Waals surface area contributed by atoms with Gasteiger partial charge in [-0.25, -0.2) is 4.98 Å². The van der Waals surface area contributed by atoms with Crippen molar-refractivity contribution in [1.29, 1.82) is 5.26 Å². The number of aromatic nitrogens is 2. The number of rotatable bonds is 4. The van der Waals surface area contributed by atoms with Crippen LogP contribution in [0.3, 0.4) is 0 Å². The molecule has 1 unspecified atom stereocenters. The second kappa shape index (κ2) is 5.97. The van der Waals surface area contributed by atoms with E-state index in [4.69, 9.17) is 0 Å². The lowest BCUT2D eigenvalue weighted by Crippen LogP contribution is -2.33. The fourth-order valence-corrected chi connectivity index (χ4v) is 3.29. The van der Waals surface area contributed by atoms with Crippen molar-refractivity contribution in [3.63, 3.8) is 0 Å². The van der Waals surface area contributed by atoms with Crippen molar-refractivity contribution in [2.24, 2.45) is 11.3 Å². The Morgan fingerprint density at radius 3 is 2.65 bits per heavy atom. The molecule has 0 radical (unpaired) electrons. The highest BCUT2D eigenvalue weighted by atomic mass is 16.3. The molecule has 110 valence electrons. The maximum absolute atomic E-state index is 10.8. The Bertz CT molecular complexity index is 478. The van der Waals surface area contributed by atoms with Crippen LogP contribution in [0.25, 0.3) is 0 Å². The Labute approximate surface area is 121 Å². The minimum atomic E-state index is -0.741. The van der Waals surface area contributed by atoms with Crippen molar-refractivity contribution in [3.8, 4) is 6.07 Å². The Hall–Kier alpha value is -1.34. The average molecular weight is 275 g/mol. The Balaban J connectivity index is 2.24. The summed E-state index contributed by atoms with van der Waals surface area (Å²) in [5.74, 6) is 0.707. The third-order valence-corrected chi connectivity index (χ3v) is 4.85. The van der Waals surface area contributed by atoms with Gasteiger partial charge in [0.15, 0.2) is 0 Å². The first-order valence-electron chi connectivity index (χ1n) is 7.65. The first-order valence-corrected chi connectivity index (χ1v) is 7.65. The van der Waals surface area contributed by atoms with Crippen LogP contribution in [-0.2, 0) is 0 Å². The van der Waals surface area contributed by atoms with E-state index in [-0.39, 0.29) is 6.04 Å². The highest BCUT2D eigenvalue weighted by molar-refractivity contribution is 5.16. The molecule has 1 aliphatic rings. The molecule has 2 rings (SSSR count). The van der Waals surface area contributed by atoms with Crippen molar-refractivity contribution >= 4 is 0 Å². The molecule has 4 heteroatoms. The smallest absolute Gasteiger partial charge is 0.114 e. The van der Waals surface area contributed by atoms with Crippen LogP contribution in [0.1, 0.15) is 70.7 Å². The van der Waals surface area contributed by atoms with E-state index in [1.54, 1.807) is 12.5 Å². The lowest BCUT2D eigenvalue weighted by atomic mass is 9.67. The van der Waals surface area contributed by atoms with E-state index < -0.39 is 11.5 Å². The second-order valence-corrected chi connectivity index (χ2v) is 6.34. The van der Waals surface area contributed by atoms with Gasteiger partial charge in [0.1, 0.15) is 6.10 Å². The van der Waals surface area contributed by atoms with E-state index in [0.29, 0.717) is 5.92 Å². The maximum atomic E-state index is 10.8. The van der Waals surface area contributed by atoms with Crippen molar-refractivity contribution in [2.45, 2.75) is 65.0 Å². The summed E-state index contributed by atoms with van der Waals surface area (Å²) < 4.78 is 1.97. The number of hydrogen-bond donors (Lipinski definition) is 1. The van der Waals surface area contributed by atoms with E-state index in [0.717, 1.165) is 31.4 Å². The first-order chi connectivity index (χ1) is 9.54. The summed E-state index contributed by atoms with van der Waals surface area (Å²) in [7, 11) is 0. The molecule has 1 N–H and O–H groups in total. The van der Waals surface area contributed by atoms with E-state index in [9.17, 15) is 10.4 Å². The molecule has 1 fully saturated rings. The van der Waals surface area contributed by atoms with Gasteiger partial charge in [0.05, 0.1) is 29.7 Å². The topological polar surface area (TPSA) is 61.8 Å². The quantitative estimate of drug-likeness (QED) is 0.913. The Kier molecular flexibility index (Phi) is 4.49. The van der Waals surface area contributed by atoms with E-state index in [2.05, 4.69) is 31.8 Å².